The molecule has 0 saturated carbocycles. The Morgan fingerprint density at radius 2 is 2.25 bits per heavy atom. The quantitative estimate of drug-likeness (QED) is 0.693. The summed E-state index contributed by atoms with van der Waals surface area (Å²) in [5, 5.41) is 8.11. The standard InChI is InChI=1S/C10H9N5S/c1-6-8-4-7(11)5-13-9(8)15(14-6)10-12-2-3-16-10/h2-5H,11H2,1H3. The Kier molecular flexibility index (Phi) is 1.90. The van der Waals surface area contributed by atoms with Crippen molar-refractivity contribution in [2.24, 2.45) is 0 Å². The molecule has 5 nitrogen and oxygen atoms in total. The van der Waals surface area contributed by atoms with Gasteiger partial charge in [-0.1, -0.05) is 0 Å². The number of hydrogen-bond donors (Lipinski definition) is 1. The van der Waals surface area contributed by atoms with Gasteiger partial charge < -0.3 is 5.73 Å². The van der Waals surface area contributed by atoms with Crippen LogP contribution in [0.3, 0.4) is 0 Å². The van der Waals surface area contributed by atoms with Crippen molar-refractivity contribution in [1.82, 2.24) is 19.7 Å². The summed E-state index contributed by atoms with van der Waals surface area (Å²) in [6.07, 6.45) is 3.38. The highest BCUT2D eigenvalue weighted by Crippen LogP contribution is 2.22. The van der Waals surface area contributed by atoms with Gasteiger partial charge in [0.25, 0.3) is 0 Å². The number of nitrogen functional groups attached to an aromatic ring is 1. The van der Waals surface area contributed by atoms with Crippen LogP contribution in [-0.2, 0) is 0 Å². The molecule has 3 heterocycles. The fraction of sp³-hybridized carbons (Fsp3) is 0.100. The second-order valence-electron chi connectivity index (χ2n) is 3.45. The number of rotatable bonds is 1. The Hall–Kier alpha value is -1.95. The third kappa shape index (κ3) is 1.27. The first-order valence-corrected chi connectivity index (χ1v) is 5.64. The van der Waals surface area contributed by atoms with Gasteiger partial charge in [-0.25, -0.2) is 9.97 Å². The molecule has 0 aromatic carbocycles. The minimum atomic E-state index is 0.647. The minimum absolute atomic E-state index is 0.647. The molecule has 0 atom stereocenters. The normalized spacial score (nSPS) is 11.1. The third-order valence-electron chi connectivity index (χ3n) is 2.33. The van der Waals surface area contributed by atoms with Gasteiger partial charge in [0.05, 0.1) is 17.6 Å². The van der Waals surface area contributed by atoms with Gasteiger partial charge in [-0.3, -0.25) is 0 Å². The zero-order valence-corrected chi connectivity index (χ0v) is 9.40. The van der Waals surface area contributed by atoms with Crippen molar-refractivity contribution in [3.8, 4) is 5.13 Å². The van der Waals surface area contributed by atoms with Gasteiger partial charge in [0.2, 0.25) is 5.13 Å². The summed E-state index contributed by atoms with van der Waals surface area (Å²) in [4.78, 5) is 8.52. The monoisotopic (exact) mass is 231 g/mol. The van der Waals surface area contributed by atoms with E-state index in [1.54, 1.807) is 17.1 Å². The van der Waals surface area contributed by atoms with Gasteiger partial charge in [-0.2, -0.15) is 9.78 Å². The van der Waals surface area contributed by atoms with Gasteiger partial charge in [-0.05, 0) is 13.0 Å². The number of aryl methyl sites for hydroxylation is 1. The lowest BCUT2D eigenvalue weighted by atomic mass is 10.3. The maximum Gasteiger partial charge on any atom is 0.212 e. The average Bonchev–Trinajstić information content (AvgIpc) is 2.87. The molecule has 16 heavy (non-hydrogen) atoms. The topological polar surface area (TPSA) is 69.6 Å². The summed E-state index contributed by atoms with van der Waals surface area (Å²) in [5.74, 6) is 0. The van der Waals surface area contributed by atoms with Crippen LogP contribution in [0.15, 0.2) is 23.8 Å². The Labute approximate surface area is 95.6 Å². The molecule has 0 fully saturated rings. The lowest BCUT2D eigenvalue weighted by Crippen LogP contribution is -1.97. The lowest BCUT2D eigenvalue weighted by molar-refractivity contribution is 0.868. The molecular formula is C10H9N5S. The highest BCUT2D eigenvalue weighted by molar-refractivity contribution is 7.12. The fourth-order valence-electron chi connectivity index (χ4n) is 1.61. The first-order chi connectivity index (χ1) is 7.75. The molecule has 0 spiro atoms. The van der Waals surface area contributed by atoms with Gasteiger partial charge in [0.1, 0.15) is 0 Å². The number of pyridine rings is 1. The number of aromatic nitrogens is 4. The van der Waals surface area contributed by atoms with Crippen molar-refractivity contribution in [3.63, 3.8) is 0 Å². The van der Waals surface area contributed by atoms with E-state index in [1.807, 2.05) is 18.4 Å². The van der Waals surface area contributed by atoms with Crippen LogP contribution in [0.25, 0.3) is 16.2 Å². The molecule has 3 rings (SSSR count). The second kappa shape index (κ2) is 3.28. The summed E-state index contributed by atoms with van der Waals surface area (Å²) in [6.45, 7) is 1.94. The van der Waals surface area contributed by atoms with Crippen LogP contribution >= 0.6 is 11.3 Å². The Balaban J connectivity index is 2.35. The van der Waals surface area contributed by atoms with Crippen molar-refractivity contribution in [1.29, 1.82) is 0 Å². The number of nitrogens with zero attached hydrogens (tertiary/aromatic N) is 4. The number of fused-ring (bicyclic) bond motifs is 1. The summed E-state index contributed by atoms with van der Waals surface area (Å²) in [5.41, 5.74) is 8.06. The molecule has 2 N–H and O–H groups in total. The maximum atomic E-state index is 5.71. The summed E-state index contributed by atoms with van der Waals surface area (Å²) in [6, 6.07) is 1.88. The Morgan fingerprint density at radius 1 is 1.38 bits per heavy atom. The zero-order chi connectivity index (χ0) is 11.1. The molecule has 0 radical (unpaired) electrons. The van der Waals surface area contributed by atoms with Crippen LogP contribution in [0.4, 0.5) is 5.69 Å². The SMILES string of the molecule is Cc1nn(-c2nccs2)c2ncc(N)cc12. The van der Waals surface area contributed by atoms with Crippen LogP contribution < -0.4 is 5.73 Å². The number of anilines is 1. The van der Waals surface area contributed by atoms with E-state index in [1.165, 1.54) is 11.3 Å². The first kappa shape index (κ1) is 9.29. The molecule has 0 aliphatic carbocycles. The van der Waals surface area contributed by atoms with Crippen molar-refractivity contribution in [2.45, 2.75) is 6.92 Å². The molecule has 3 aromatic heterocycles. The van der Waals surface area contributed by atoms with Crippen LogP contribution in [-0.4, -0.2) is 19.7 Å². The molecule has 0 unspecified atom stereocenters. The molecule has 3 aromatic rings. The van der Waals surface area contributed by atoms with E-state index in [9.17, 15) is 0 Å². The Bertz CT molecular complexity index is 641. The lowest BCUT2D eigenvalue weighted by Gasteiger charge is -1.97. The highest BCUT2D eigenvalue weighted by Gasteiger charge is 2.11. The van der Waals surface area contributed by atoms with Gasteiger partial charge in [0, 0.05) is 17.0 Å². The smallest absolute Gasteiger partial charge is 0.212 e. The van der Waals surface area contributed by atoms with Gasteiger partial charge >= 0.3 is 0 Å². The van der Waals surface area contributed by atoms with Gasteiger partial charge in [-0.15, -0.1) is 11.3 Å². The van der Waals surface area contributed by atoms with E-state index in [4.69, 9.17) is 5.73 Å². The minimum Gasteiger partial charge on any atom is -0.397 e. The summed E-state index contributed by atoms with van der Waals surface area (Å²) in [7, 11) is 0. The van der Waals surface area contributed by atoms with E-state index < -0.39 is 0 Å². The first-order valence-electron chi connectivity index (χ1n) is 4.76. The molecule has 0 aliphatic heterocycles. The Morgan fingerprint density at radius 3 is 3.00 bits per heavy atom. The van der Waals surface area contributed by atoms with Crippen LogP contribution in [0.1, 0.15) is 5.69 Å². The average molecular weight is 231 g/mol. The molecule has 0 amide bonds. The number of hydrogen-bond acceptors (Lipinski definition) is 5. The predicted molar refractivity (Wildman–Crippen MR) is 63.7 cm³/mol. The van der Waals surface area contributed by atoms with E-state index in [0.717, 1.165) is 21.9 Å². The van der Waals surface area contributed by atoms with Gasteiger partial charge in [0.15, 0.2) is 5.65 Å². The largest absolute Gasteiger partial charge is 0.397 e. The van der Waals surface area contributed by atoms with E-state index in [-0.39, 0.29) is 0 Å². The molecule has 80 valence electrons. The summed E-state index contributed by atoms with van der Waals surface area (Å²) >= 11 is 1.53. The van der Waals surface area contributed by atoms with E-state index >= 15 is 0 Å². The number of thiazole rings is 1. The highest BCUT2D eigenvalue weighted by atomic mass is 32.1. The molecular weight excluding hydrogens is 222 g/mol. The van der Waals surface area contributed by atoms with Crippen LogP contribution in [0, 0.1) is 6.92 Å². The summed E-state index contributed by atoms with van der Waals surface area (Å²) < 4.78 is 1.74. The van der Waals surface area contributed by atoms with Crippen molar-refractivity contribution >= 4 is 28.1 Å². The van der Waals surface area contributed by atoms with Crippen molar-refractivity contribution in [3.05, 3.63) is 29.5 Å². The third-order valence-corrected chi connectivity index (χ3v) is 3.08. The van der Waals surface area contributed by atoms with Crippen molar-refractivity contribution in [2.75, 3.05) is 5.73 Å². The van der Waals surface area contributed by atoms with E-state index in [2.05, 4.69) is 15.1 Å². The van der Waals surface area contributed by atoms with Crippen molar-refractivity contribution < 1.29 is 0 Å². The second-order valence-corrected chi connectivity index (χ2v) is 4.32. The molecule has 0 bridgehead atoms. The molecule has 0 saturated heterocycles. The fourth-order valence-corrected chi connectivity index (χ4v) is 2.21. The predicted octanol–water partition coefficient (Wildman–Crippen LogP) is 1.77. The maximum absolute atomic E-state index is 5.71. The molecule has 0 aliphatic rings. The van der Waals surface area contributed by atoms with Crippen LogP contribution in [0.5, 0.6) is 0 Å². The van der Waals surface area contributed by atoms with E-state index in [0.29, 0.717) is 5.69 Å². The molecule has 6 heteroatoms. The number of nitrogens with two attached hydrogens (primary N) is 1. The van der Waals surface area contributed by atoms with Crippen LogP contribution in [0.2, 0.25) is 0 Å². The zero-order valence-electron chi connectivity index (χ0n) is 8.58.